The van der Waals surface area contributed by atoms with Gasteiger partial charge in [-0.2, -0.15) is 0 Å². The third kappa shape index (κ3) is 3.76. The Labute approximate surface area is 185 Å². The molecule has 2 saturated heterocycles. The first-order valence-electron chi connectivity index (χ1n) is 10.4. The van der Waals surface area contributed by atoms with Crippen molar-refractivity contribution in [2.24, 2.45) is 0 Å². The second-order valence-electron chi connectivity index (χ2n) is 7.82. The number of halogens is 1. The predicted octanol–water partition coefficient (Wildman–Crippen LogP) is 4.54. The lowest BCUT2D eigenvalue weighted by atomic mass is 9.99. The number of fused-ring (bicyclic) bond motifs is 1. The van der Waals surface area contributed by atoms with Crippen molar-refractivity contribution in [3.8, 4) is 17.0 Å². The van der Waals surface area contributed by atoms with Gasteiger partial charge in [-0.3, -0.25) is 4.79 Å². The van der Waals surface area contributed by atoms with E-state index in [-0.39, 0.29) is 5.91 Å². The van der Waals surface area contributed by atoms with Gasteiger partial charge in [0.05, 0.1) is 37.1 Å². The Morgan fingerprint density at radius 1 is 1.10 bits per heavy atom. The molecule has 7 heteroatoms. The van der Waals surface area contributed by atoms with Crippen LogP contribution in [0.1, 0.15) is 23.2 Å². The van der Waals surface area contributed by atoms with E-state index in [4.69, 9.17) is 30.8 Å². The van der Waals surface area contributed by atoms with Gasteiger partial charge in [-0.15, -0.1) is 0 Å². The Kier molecular flexibility index (Phi) is 5.30. The molecule has 6 nitrogen and oxygen atoms in total. The number of benzene rings is 2. The fraction of sp³-hybridized carbons (Fsp3) is 0.333. The third-order valence-electron chi connectivity index (χ3n) is 6.01. The smallest absolute Gasteiger partial charge is 0.254 e. The summed E-state index contributed by atoms with van der Waals surface area (Å²) < 4.78 is 17.1. The second kappa shape index (κ2) is 8.11. The Morgan fingerprint density at radius 2 is 1.84 bits per heavy atom. The van der Waals surface area contributed by atoms with Gasteiger partial charge in [0.1, 0.15) is 5.75 Å². The minimum atomic E-state index is -0.525. The molecule has 0 unspecified atom stereocenters. The van der Waals surface area contributed by atoms with Crippen LogP contribution in [-0.4, -0.2) is 55.0 Å². The zero-order chi connectivity index (χ0) is 21.4. The van der Waals surface area contributed by atoms with E-state index in [2.05, 4.69) is 0 Å². The number of pyridine rings is 1. The number of methoxy groups -OCH3 is 1. The van der Waals surface area contributed by atoms with Gasteiger partial charge in [0.15, 0.2) is 5.79 Å². The normalized spacial score (nSPS) is 17.9. The molecule has 1 aromatic heterocycles. The molecule has 3 aromatic rings. The van der Waals surface area contributed by atoms with Crippen molar-refractivity contribution in [1.29, 1.82) is 0 Å². The first kappa shape index (κ1) is 20.2. The van der Waals surface area contributed by atoms with Crippen LogP contribution < -0.4 is 4.74 Å². The quantitative estimate of drug-likeness (QED) is 0.600. The van der Waals surface area contributed by atoms with E-state index in [0.29, 0.717) is 66.7 Å². The summed E-state index contributed by atoms with van der Waals surface area (Å²) in [5.74, 6) is 0.138. The van der Waals surface area contributed by atoms with E-state index in [1.165, 1.54) is 0 Å². The molecule has 160 valence electrons. The highest BCUT2D eigenvalue weighted by molar-refractivity contribution is 6.31. The monoisotopic (exact) mass is 438 g/mol. The number of hydrogen-bond acceptors (Lipinski definition) is 5. The second-order valence-corrected chi connectivity index (χ2v) is 8.25. The SMILES string of the molecule is COc1ccccc1-c1cc(C(=O)N2CCC3(CC2)OCCO3)c2cc(Cl)ccc2n1. The fourth-order valence-electron chi connectivity index (χ4n) is 4.38. The number of carbonyl (C=O) groups excluding carboxylic acids is 1. The average molecular weight is 439 g/mol. The summed E-state index contributed by atoms with van der Waals surface area (Å²) in [6.07, 6.45) is 1.34. The molecule has 0 N–H and O–H groups in total. The van der Waals surface area contributed by atoms with Gasteiger partial charge in [0, 0.05) is 41.9 Å². The highest BCUT2D eigenvalue weighted by atomic mass is 35.5. The minimum absolute atomic E-state index is 0.0429. The van der Waals surface area contributed by atoms with E-state index >= 15 is 0 Å². The van der Waals surface area contributed by atoms with Crippen molar-refractivity contribution in [3.63, 3.8) is 0 Å². The molecular weight excluding hydrogens is 416 g/mol. The van der Waals surface area contributed by atoms with E-state index in [0.717, 1.165) is 10.9 Å². The molecule has 0 aliphatic carbocycles. The molecule has 0 atom stereocenters. The largest absolute Gasteiger partial charge is 0.496 e. The molecule has 2 aliphatic heterocycles. The van der Waals surface area contributed by atoms with Crippen LogP contribution in [0.15, 0.2) is 48.5 Å². The topological polar surface area (TPSA) is 60.9 Å². The first-order chi connectivity index (χ1) is 15.1. The molecule has 2 fully saturated rings. The van der Waals surface area contributed by atoms with Crippen molar-refractivity contribution < 1.29 is 19.0 Å². The molecule has 0 bridgehead atoms. The molecule has 2 aromatic carbocycles. The number of rotatable bonds is 3. The van der Waals surface area contributed by atoms with Gasteiger partial charge in [-0.1, -0.05) is 23.7 Å². The van der Waals surface area contributed by atoms with Gasteiger partial charge in [0.2, 0.25) is 0 Å². The van der Waals surface area contributed by atoms with Crippen LogP contribution >= 0.6 is 11.6 Å². The molecule has 0 saturated carbocycles. The summed E-state index contributed by atoms with van der Waals surface area (Å²) in [7, 11) is 1.63. The van der Waals surface area contributed by atoms with Crippen LogP contribution in [0.3, 0.4) is 0 Å². The van der Waals surface area contributed by atoms with Crippen molar-refractivity contribution >= 4 is 28.4 Å². The maximum Gasteiger partial charge on any atom is 0.254 e. The fourth-order valence-corrected chi connectivity index (χ4v) is 4.55. The van der Waals surface area contributed by atoms with E-state index in [1.54, 1.807) is 19.2 Å². The number of piperidine rings is 1. The lowest BCUT2D eigenvalue weighted by Crippen LogP contribution is -2.47. The third-order valence-corrected chi connectivity index (χ3v) is 6.25. The zero-order valence-corrected chi connectivity index (χ0v) is 18.0. The van der Waals surface area contributed by atoms with Gasteiger partial charge in [-0.25, -0.2) is 4.98 Å². The summed E-state index contributed by atoms with van der Waals surface area (Å²) in [5.41, 5.74) is 2.82. The number of amides is 1. The molecule has 3 heterocycles. The lowest BCUT2D eigenvalue weighted by Gasteiger charge is -2.37. The molecule has 1 spiro atoms. The maximum atomic E-state index is 13.6. The van der Waals surface area contributed by atoms with E-state index in [9.17, 15) is 4.79 Å². The van der Waals surface area contributed by atoms with E-state index in [1.807, 2.05) is 41.3 Å². The number of aromatic nitrogens is 1. The van der Waals surface area contributed by atoms with Crippen molar-refractivity contribution in [2.75, 3.05) is 33.4 Å². The molecule has 1 amide bonds. The summed E-state index contributed by atoms with van der Waals surface area (Å²) >= 11 is 6.26. The highest BCUT2D eigenvalue weighted by Gasteiger charge is 2.41. The highest BCUT2D eigenvalue weighted by Crippen LogP contribution is 2.35. The zero-order valence-electron chi connectivity index (χ0n) is 17.3. The van der Waals surface area contributed by atoms with Crippen LogP contribution in [0, 0.1) is 0 Å². The molecule has 2 aliphatic rings. The van der Waals surface area contributed by atoms with Crippen molar-refractivity contribution in [3.05, 3.63) is 59.1 Å². The van der Waals surface area contributed by atoms with Crippen molar-refractivity contribution in [2.45, 2.75) is 18.6 Å². The summed E-state index contributed by atoms with van der Waals surface area (Å²) in [4.78, 5) is 20.3. The maximum absolute atomic E-state index is 13.6. The van der Waals surface area contributed by atoms with Crippen LogP contribution in [0.25, 0.3) is 22.2 Å². The summed E-state index contributed by atoms with van der Waals surface area (Å²) in [5, 5.41) is 1.31. The van der Waals surface area contributed by atoms with E-state index < -0.39 is 5.79 Å². The number of hydrogen-bond donors (Lipinski definition) is 0. The van der Waals surface area contributed by atoms with Crippen LogP contribution in [0.5, 0.6) is 5.75 Å². The Hall–Kier alpha value is -2.67. The minimum Gasteiger partial charge on any atom is -0.496 e. The Balaban J connectivity index is 1.55. The van der Waals surface area contributed by atoms with Gasteiger partial charge in [0.25, 0.3) is 5.91 Å². The van der Waals surface area contributed by atoms with Crippen LogP contribution in [0.4, 0.5) is 0 Å². The molecule has 0 radical (unpaired) electrons. The first-order valence-corrected chi connectivity index (χ1v) is 10.8. The van der Waals surface area contributed by atoms with Crippen molar-refractivity contribution in [1.82, 2.24) is 9.88 Å². The summed E-state index contributed by atoms with van der Waals surface area (Å²) in [6.45, 7) is 2.38. The van der Waals surface area contributed by atoms with Gasteiger partial charge < -0.3 is 19.1 Å². The standard InChI is InChI=1S/C24H23ClN2O4/c1-29-22-5-3-2-4-17(22)21-15-19(18-14-16(25)6-7-20(18)26-21)23(28)27-10-8-24(9-11-27)30-12-13-31-24/h2-7,14-15H,8-13H2,1H3. The molecule has 5 rings (SSSR count). The number of nitrogens with zero attached hydrogens (tertiary/aromatic N) is 2. The summed E-state index contributed by atoms with van der Waals surface area (Å²) in [6, 6.07) is 14.9. The molecule has 31 heavy (non-hydrogen) atoms. The predicted molar refractivity (Wildman–Crippen MR) is 119 cm³/mol. The Morgan fingerprint density at radius 3 is 2.58 bits per heavy atom. The number of likely N-dealkylation sites (tertiary alicyclic amines) is 1. The Bertz CT molecular complexity index is 1130. The average Bonchev–Trinajstić information content (AvgIpc) is 3.26. The number of carbonyl (C=O) groups is 1. The molecular formula is C24H23ClN2O4. The van der Waals surface area contributed by atoms with Crippen LogP contribution in [-0.2, 0) is 9.47 Å². The number of ether oxygens (including phenoxy) is 3. The lowest BCUT2D eigenvalue weighted by molar-refractivity contribution is -0.181. The number of para-hydroxylation sites is 1. The van der Waals surface area contributed by atoms with Gasteiger partial charge >= 0.3 is 0 Å². The van der Waals surface area contributed by atoms with Gasteiger partial charge in [-0.05, 0) is 36.4 Å². The van der Waals surface area contributed by atoms with Crippen LogP contribution in [0.2, 0.25) is 5.02 Å².